The number of anilines is 1. The number of aromatic hydroxyl groups is 1. The lowest BCUT2D eigenvalue weighted by molar-refractivity contribution is -0.304. The number of benzene rings is 1. The number of pyridine rings is 1. The number of para-hydroxylation sites is 1. The Hall–Kier alpha value is -2.83. The van der Waals surface area contributed by atoms with Gasteiger partial charge in [0.15, 0.2) is 0 Å². The summed E-state index contributed by atoms with van der Waals surface area (Å²) < 4.78 is 0. The van der Waals surface area contributed by atoms with Crippen LogP contribution in [0.2, 0.25) is 0 Å². The van der Waals surface area contributed by atoms with E-state index >= 15 is 0 Å². The first-order valence-electron chi connectivity index (χ1n) is 5.71. The number of carbonyl (C=O) groups excluding carboxylic acids is 2. The Balaban J connectivity index is 2.44. The predicted molar refractivity (Wildman–Crippen MR) is 65.6 cm³/mol. The maximum atomic E-state index is 10.7. The van der Waals surface area contributed by atoms with Crippen molar-refractivity contribution in [3.63, 3.8) is 0 Å². The van der Waals surface area contributed by atoms with Crippen molar-refractivity contribution in [2.75, 3.05) is 18.0 Å². The monoisotopic (exact) mass is 274 g/mol. The Kier molecular flexibility index (Phi) is 3.69. The molecule has 0 atom stereocenters. The fraction of sp³-hybridized carbons (Fsp3) is 0.154. The molecule has 0 unspecified atom stereocenters. The first-order valence-corrected chi connectivity index (χ1v) is 5.71. The highest BCUT2D eigenvalue weighted by atomic mass is 16.4. The summed E-state index contributed by atoms with van der Waals surface area (Å²) in [6.45, 7) is -1.28. The highest BCUT2D eigenvalue weighted by molar-refractivity contribution is 5.86. The van der Waals surface area contributed by atoms with Crippen LogP contribution in [0.1, 0.15) is 0 Å². The summed E-state index contributed by atoms with van der Waals surface area (Å²) in [6.07, 6.45) is 0. The molecule has 2 aromatic rings. The van der Waals surface area contributed by atoms with Crippen molar-refractivity contribution in [2.24, 2.45) is 0 Å². The second kappa shape index (κ2) is 5.43. The average Bonchev–Trinajstić information content (AvgIpc) is 2.37. The largest absolute Gasteiger partial charge is 0.548 e. The zero-order chi connectivity index (χ0) is 14.7. The topological polar surface area (TPSA) is 117 Å². The van der Waals surface area contributed by atoms with Gasteiger partial charge in [-0.3, -0.25) is 0 Å². The van der Waals surface area contributed by atoms with Crippen LogP contribution in [-0.4, -0.2) is 35.1 Å². The van der Waals surface area contributed by atoms with Gasteiger partial charge in [0.25, 0.3) is 0 Å². The van der Waals surface area contributed by atoms with Gasteiger partial charge >= 0.3 is 0 Å². The van der Waals surface area contributed by atoms with E-state index in [1.807, 2.05) is 0 Å². The number of hydrogen-bond acceptors (Lipinski definition) is 7. The van der Waals surface area contributed by atoms with Crippen LogP contribution in [0.15, 0.2) is 30.3 Å². The third-order valence-corrected chi connectivity index (χ3v) is 2.65. The molecule has 1 aromatic heterocycles. The van der Waals surface area contributed by atoms with E-state index in [4.69, 9.17) is 0 Å². The summed E-state index contributed by atoms with van der Waals surface area (Å²) in [4.78, 5) is 26.4. The van der Waals surface area contributed by atoms with Gasteiger partial charge in [0.05, 0.1) is 25.0 Å². The van der Waals surface area contributed by atoms with Crippen LogP contribution < -0.4 is 15.1 Å². The number of aromatic nitrogens is 1. The van der Waals surface area contributed by atoms with Gasteiger partial charge in [-0.25, -0.2) is 4.98 Å². The molecule has 1 heterocycles. The Morgan fingerprint density at radius 2 is 1.75 bits per heavy atom. The van der Waals surface area contributed by atoms with Crippen LogP contribution in [0.3, 0.4) is 0 Å². The van der Waals surface area contributed by atoms with Crippen LogP contribution in [0.5, 0.6) is 5.75 Å². The van der Waals surface area contributed by atoms with Crippen molar-refractivity contribution in [1.82, 2.24) is 4.98 Å². The van der Waals surface area contributed by atoms with Gasteiger partial charge in [0, 0.05) is 5.39 Å². The number of nitrogens with zero attached hydrogens (tertiary/aromatic N) is 2. The van der Waals surface area contributed by atoms with E-state index in [1.54, 1.807) is 18.2 Å². The molecule has 104 valence electrons. The molecule has 1 N–H and O–H groups in total. The molecule has 1 aromatic carbocycles. The van der Waals surface area contributed by atoms with Crippen LogP contribution in [0.4, 0.5) is 5.82 Å². The number of phenols is 1. The molecule has 0 bridgehead atoms. The Morgan fingerprint density at radius 1 is 1.10 bits per heavy atom. The summed E-state index contributed by atoms with van der Waals surface area (Å²) in [7, 11) is 0. The molecule has 7 nitrogen and oxygen atoms in total. The zero-order valence-corrected chi connectivity index (χ0v) is 10.3. The fourth-order valence-electron chi connectivity index (χ4n) is 1.83. The molecule has 0 saturated heterocycles. The number of aliphatic carboxylic acids is 2. The lowest BCUT2D eigenvalue weighted by Crippen LogP contribution is -2.44. The maximum absolute atomic E-state index is 10.7. The average molecular weight is 274 g/mol. The zero-order valence-electron chi connectivity index (χ0n) is 10.3. The van der Waals surface area contributed by atoms with Gasteiger partial charge < -0.3 is 29.8 Å². The van der Waals surface area contributed by atoms with Gasteiger partial charge in [0.1, 0.15) is 17.1 Å². The molecule has 0 radical (unpaired) electrons. The SMILES string of the molecule is O=C([O-])CN(CC(=O)[O-])c1ccc2cccc(O)c2n1. The quantitative estimate of drug-likeness (QED) is 0.686. The second-order valence-electron chi connectivity index (χ2n) is 4.12. The Bertz CT molecular complexity index is 655. The van der Waals surface area contributed by atoms with Crippen LogP contribution in [0, 0.1) is 0 Å². The predicted octanol–water partition coefficient (Wildman–Crippen LogP) is -1.75. The van der Waals surface area contributed by atoms with Gasteiger partial charge in [-0.05, 0) is 18.2 Å². The molecule has 0 aliphatic heterocycles. The van der Waals surface area contributed by atoms with Crippen molar-refractivity contribution in [1.29, 1.82) is 0 Å². The minimum atomic E-state index is -1.44. The minimum absolute atomic E-state index is 0.0776. The number of phenolic OH excluding ortho intramolecular Hbond substituents is 1. The van der Waals surface area contributed by atoms with Crippen LogP contribution in [0.25, 0.3) is 10.9 Å². The van der Waals surface area contributed by atoms with E-state index in [2.05, 4.69) is 4.98 Å². The number of rotatable bonds is 5. The van der Waals surface area contributed by atoms with Gasteiger partial charge in [-0.1, -0.05) is 12.1 Å². The molecule has 0 spiro atoms. The number of fused-ring (bicyclic) bond motifs is 1. The Labute approximate surface area is 113 Å². The summed E-state index contributed by atoms with van der Waals surface area (Å²) in [5, 5.41) is 31.7. The first-order chi connectivity index (χ1) is 9.47. The van der Waals surface area contributed by atoms with E-state index in [1.165, 1.54) is 12.1 Å². The lowest BCUT2D eigenvalue weighted by atomic mass is 10.2. The number of hydrogen-bond donors (Lipinski definition) is 1. The molecule has 2 rings (SSSR count). The summed E-state index contributed by atoms with van der Waals surface area (Å²) in [5.41, 5.74) is 0.256. The van der Waals surface area contributed by atoms with E-state index in [0.29, 0.717) is 5.39 Å². The second-order valence-corrected chi connectivity index (χ2v) is 4.12. The van der Waals surface area contributed by atoms with Crippen molar-refractivity contribution in [3.05, 3.63) is 30.3 Å². The van der Waals surface area contributed by atoms with Crippen molar-refractivity contribution < 1.29 is 24.9 Å². The van der Waals surface area contributed by atoms with Crippen molar-refractivity contribution in [3.8, 4) is 5.75 Å². The molecule has 0 amide bonds. The van der Waals surface area contributed by atoms with Gasteiger partial charge in [0.2, 0.25) is 0 Å². The lowest BCUT2D eigenvalue weighted by Gasteiger charge is -2.24. The summed E-state index contributed by atoms with van der Waals surface area (Å²) in [5.74, 6) is -2.85. The van der Waals surface area contributed by atoms with Gasteiger partial charge in [-0.2, -0.15) is 0 Å². The fourth-order valence-corrected chi connectivity index (χ4v) is 1.83. The van der Waals surface area contributed by atoms with Crippen molar-refractivity contribution >= 4 is 28.7 Å². The number of carboxylic acid groups (broad SMARTS) is 2. The van der Waals surface area contributed by atoms with E-state index in [-0.39, 0.29) is 17.1 Å². The van der Waals surface area contributed by atoms with Crippen LogP contribution >= 0.6 is 0 Å². The molecular weight excluding hydrogens is 264 g/mol. The molecule has 0 saturated carbocycles. The highest BCUT2D eigenvalue weighted by Gasteiger charge is 2.10. The standard InChI is InChI=1S/C13H12N2O5/c16-9-3-1-2-8-4-5-10(14-13(8)9)15(6-11(17)18)7-12(19)20/h1-5,16H,6-7H2,(H,17,18)(H,19,20)/p-2. The molecule has 0 aliphatic rings. The Morgan fingerprint density at radius 3 is 2.35 bits per heavy atom. The van der Waals surface area contributed by atoms with Crippen LogP contribution in [-0.2, 0) is 9.59 Å². The summed E-state index contributed by atoms with van der Waals surface area (Å²) >= 11 is 0. The number of carbonyl (C=O) groups is 2. The maximum Gasteiger partial charge on any atom is 0.141 e. The normalized spacial score (nSPS) is 10.4. The summed E-state index contributed by atoms with van der Waals surface area (Å²) in [6, 6.07) is 7.86. The minimum Gasteiger partial charge on any atom is -0.548 e. The van der Waals surface area contributed by atoms with E-state index < -0.39 is 25.0 Å². The molecule has 20 heavy (non-hydrogen) atoms. The smallest absolute Gasteiger partial charge is 0.141 e. The molecule has 0 fully saturated rings. The van der Waals surface area contributed by atoms with Gasteiger partial charge in [-0.15, -0.1) is 0 Å². The molecule has 7 heteroatoms. The highest BCUT2D eigenvalue weighted by Crippen LogP contribution is 2.25. The van der Waals surface area contributed by atoms with E-state index in [9.17, 15) is 24.9 Å². The third-order valence-electron chi connectivity index (χ3n) is 2.65. The third kappa shape index (κ3) is 2.94. The first kappa shape index (κ1) is 13.6. The molecular formula is C13H10N2O5-2. The molecule has 0 aliphatic carbocycles. The number of carboxylic acids is 2. The van der Waals surface area contributed by atoms with E-state index in [0.717, 1.165) is 4.90 Å². The van der Waals surface area contributed by atoms with Crippen molar-refractivity contribution in [2.45, 2.75) is 0 Å².